The number of rotatable bonds is 4. The van der Waals surface area contributed by atoms with Crippen LogP contribution < -0.4 is 0 Å². The van der Waals surface area contributed by atoms with Gasteiger partial charge in [-0.25, -0.2) is 4.79 Å². The number of carbonyl (C=O) groups excluding carboxylic acids is 1. The summed E-state index contributed by atoms with van der Waals surface area (Å²) in [6.45, 7) is 0. The zero-order valence-corrected chi connectivity index (χ0v) is 11.2. The van der Waals surface area contributed by atoms with Crippen molar-refractivity contribution in [1.29, 1.82) is 0 Å². The fourth-order valence-electron chi connectivity index (χ4n) is 2.16. The smallest absolute Gasteiger partial charge is 0.373 e. The maximum absolute atomic E-state index is 11.2. The van der Waals surface area contributed by atoms with Crippen molar-refractivity contribution < 1.29 is 19.1 Å². The first kappa shape index (κ1) is 13.5. The number of aliphatic hydroxyl groups is 1. The molecule has 1 unspecified atom stereocenters. The van der Waals surface area contributed by atoms with Crippen molar-refractivity contribution in [1.82, 2.24) is 0 Å². The normalized spacial score (nSPS) is 18.6. The second kappa shape index (κ2) is 6.29. The lowest BCUT2D eigenvalue weighted by Crippen LogP contribution is -2.13. The SMILES string of the molecule is COC(=O)c1ccc(C(O)CC2CCSCC2)o1. The molecule has 1 atom stereocenters. The average molecular weight is 270 g/mol. The average Bonchev–Trinajstić information content (AvgIpc) is 2.88. The second-order valence-corrected chi connectivity index (χ2v) is 5.73. The van der Waals surface area contributed by atoms with E-state index in [1.165, 1.54) is 18.6 Å². The summed E-state index contributed by atoms with van der Waals surface area (Å²) in [5, 5.41) is 10.1. The summed E-state index contributed by atoms with van der Waals surface area (Å²) in [4.78, 5) is 11.2. The third kappa shape index (κ3) is 3.29. The molecule has 0 radical (unpaired) electrons. The molecular weight excluding hydrogens is 252 g/mol. The Morgan fingerprint density at radius 1 is 1.56 bits per heavy atom. The molecule has 1 saturated heterocycles. The number of ether oxygens (including phenoxy) is 1. The van der Waals surface area contributed by atoms with Crippen molar-refractivity contribution in [3.8, 4) is 0 Å². The van der Waals surface area contributed by atoms with Gasteiger partial charge in [0, 0.05) is 0 Å². The molecule has 0 saturated carbocycles. The van der Waals surface area contributed by atoms with Gasteiger partial charge in [0.2, 0.25) is 5.76 Å². The summed E-state index contributed by atoms with van der Waals surface area (Å²) >= 11 is 1.97. The van der Waals surface area contributed by atoms with Crippen LogP contribution >= 0.6 is 11.8 Å². The van der Waals surface area contributed by atoms with Gasteiger partial charge in [0.25, 0.3) is 0 Å². The van der Waals surface area contributed by atoms with Crippen LogP contribution in [0.25, 0.3) is 0 Å². The molecule has 0 aromatic carbocycles. The quantitative estimate of drug-likeness (QED) is 0.852. The maximum Gasteiger partial charge on any atom is 0.373 e. The highest BCUT2D eigenvalue weighted by Crippen LogP contribution is 2.31. The lowest BCUT2D eigenvalue weighted by atomic mass is 9.95. The molecule has 2 heterocycles. The Balaban J connectivity index is 1.93. The molecule has 1 aromatic heterocycles. The maximum atomic E-state index is 11.2. The molecule has 18 heavy (non-hydrogen) atoms. The van der Waals surface area contributed by atoms with Crippen LogP contribution in [0.3, 0.4) is 0 Å². The molecular formula is C13H18O4S. The number of hydrogen-bond donors (Lipinski definition) is 1. The molecule has 4 nitrogen and oxygen atoms in total. The van der Waals surface area contributed by atoms with Crippen LogP contribution in [0.1, 0.15) is 41.7 Å². The second-order valence-electron chi connectivity index (χ2n) is 4.50. The van der Waals surface area contributed by atoms with E-state index in [-0.39, 0.29) is 5.76 Å². The minimum atomic E-state index is -0.628. The van der Waals surface area contributed by atoms with E-state index < -0.39 is 12.1 Å². The number of esters is 1. The lowest BCUT2D eigenvalue weighted by Gasteiger charge is -2.22. The summed E-state index contributed by atoms with van der Waals surface area (Å²) in [6, 6.07) is 3.19. The van der Waals surface area contributed by atoms with Gasteiger partial charge in [0.1, 0.15) is 11.9 Å². The van der Waals surface area contributed by atoms with E-state index in [2.05, 4.69) is 4.74 Å². The van der Waals surface area contributed by atoms with Crippen molar-refractivity contribution in [2.45, 2.75) is 25.4 Å². The molecule has 2 rings (SSSR count). The molecule has 1 aliphatic heterocycles. The number of methoxy groups -OCH3 is 1. The highest BCUT2D eigenvalue weighted by Gasteiger charge is 2.22. The monoisotopic (exact) mass is 270 g/mol. The van der Waals surface area contributed by atoms with E-state index >= 15 is 0 Å². The number of hydrogen-bond acceptors (Lipinski definition) is 5. The summed E-state index contributed by atoms with van der Waals surface area (Å²) in [5.74, 6) is 2.97. The third-order valence-corrected chi connectivity index (χ3v) is 4.29. The van der Waals surface area contributed by atoms with Gasteiger partial charge in [0.05, 0.1) is 7.11 Å². The van der Waals surface area contributed by atoms with Gasteiger partial charge in [-0.3, -0.25) is 0 Å². The topological polar surface area (TPSA) is 59.7 Å². The van der Waals surface area contributed by atoms with E-state index in [0.717, 1.165) is 12.8 Å². The van der Waals surface area contributed by atoms with Gasteiger partial charge < -0.3 is 14.3 Å². The van der Waals surface area contributed by atoms with Gasteiger partial charge in [-0.2, -0.15) is 11.8 Å². The van der Waals surface area contributed by atoms with Crippen LogP contribution in [0.2, 0.25) is 0 Å². The van der Waals surface area contributed by atoms with Crippen molar-refractivity contribution in [3.63, 3.8) is 0 Å². The van der Waals surface area contributed by atoms with Gasteiger partial charge in [0.15, 0.2) is 0 Å². The van der Waals surface area contributed by atoms with E-state index in [1.807, 2.05) is 11.8 Å². The Morgan fingerprint density at radius 2 is 2.28 bits per heavy atom. The van der Waals surface area contributed by atoms with E-state index in [0.29, 0.717) is 18.1 Å². The predicted molar refractivity (Wildman–Crippen MR) is 69.7 cm³/mol. The summed E-state index contributed by atoms with van der Waals surface area (Å²) < 4.78 is 9.87. The van der Waals surface area contributed by atoms with Crippen LogP contribution in [0.15, 0.2) is 16.5 Å². The van der Waals surface area contributed by atoms with Gasteiger partial charge in [-0.05, 0) is 48.8 Å². The fraction of sp³-hybridized carbons (Fsp3) is 0.615. The summed E-state index contributed by atoms with van der Waals surface area (Å²) in [5.41, 5.74) is 0. The van der Waals surface area contributed by atoms with Crippen molar-refractivity contribution in [2.75, 3.05) is 18.6 Å². The van der Waals surface area contributed by atoms with Crippen LogP contribution in [0.5, 0.6) is 0 Å². The fourth-order valence-corrected chi connectivity index (χ4v) is 3.36. The first-order valence-corrected chi connectivity index (χ1v) is 7.30. The molecule has 1 aliphatic rings. The highest BCUT2D eigenvalue weighted by molar-refractivity contribution is 7.99. The zero-order chi connectivity index (χ0) is 13.0. The molecule has 1 fully saturated rings. The molecule has 1 aromatic rings. The summed E-state index contributed by atoms with van der Waals surface area (Å²) in [6.07, 6.45) is 2.37. The van der Waals surface area contributed by atoms with E-state index in [1.54, 1.807) is 12.1 Å². The minimum Gasteiger partial charge on any atom is -0.463 e. The van der Waals surface area contributed by atoms with E-state index in [9.17, 15) is 9.90 Å². The molecule has 0 aliphatic carbocycles. The largest absolute Gasteiger partial charge is 0.463 e. The Hall–Kier alpha value is -0.940. The molecule has 0 bridgehead atoms. The highest BCUT2D eigenvalue weighted by atomic mass is 32.2. The van der Waals surface area contributed by atoms with E-state index in [4.69, 9.17) is 4.42 Å². The summed E-state index contributed by atoms with van der Waals surface area (Å²) in [7, 11) is 1.31. The van der Waals surface area contributed by atoms with Gasteiger partial charge in [-0.15, -0.1) is 0 Å². The third-order valence-electron chi connectivity index (χ3n) is 3.24. The standard InChI is InChI=1S/C13H18O4S/c1-16-13(15)12-3-2-11(17-12)10(14)8-9-4-6-18-7-5-9/h2-3,9-10,14H,4-8H2,1H3. The van der Waals surface area contributed by atoms with Crippen LogP contribution in [0.4, 0.5) is 0 Å². The van der Waals surface area contributed by atoms with Gasteiger partial charge >= 0.3 is 5.97 Å². The zero-order valence-electron chi connectivity index (χ0n) is 10.4. The number of aliphatic hydroxyl groups excluding tert-OH is 1. The Bertz CT molecular complexity index is 395. The van der Waals surface area contributed by atoms with Gasteiger partial charge in [-0.1, -0.05) is 0 Å². The Morgan fingerprint density at radius 3 is 2.94 bits per heavy atom. The van der Waals surface area contributed by atoms with Crippen molar-refractivity contribution in [3.05, 3.63) is 23.7 Å². The number of carbonyl (C=O) groups is 1. The predicted octanol–water partition coefficient (Wildman–Crippen LogP) is 2.63. The molecule has 0 spiro atoms. The number of furan rings is 1. The molecule has 0 amide bonds. The van der Waals surface area contributed by atoms with Crippen LogP contribution in [-0.4, -0.2) is 29.7 Å². The van der Waals surface area contributed by atoms with Crippen molar-refractivity contribution in [2.24, 2.45) is 5.92 Å². The van der Waals surface area contributed by atoms with Crippen LogP contribution in [0, 0.1) is 5.92 Å². The Labute approximate surface area is 111 Å². The number of thioether (sulfide) groups is 1. The lowest BCUT2D eigenvalue weighted by molar-refractivity contribution is 0.0550. The van der Waals surface area contributed by atoms with Crippen LogP contribution in [-0.2, 0) is 4.74 Å². The first-order chi connectivity index (χ1) is 8.70. The molecule has 5 heteroatoms. The Kier molecular flexibility index (Phi) is 4.72. The minimum absolute atomic E-state index is 0.144. The molecule has 100 valence electrons. The van der Waals surface area contributed by atoms with Crippen molar-refractivity contribution >= 4 is 17.7 Å². The molecule has 1 N–H and O–H groups in total. The first-order valence-electron chi connectivity index (χ1n) is 6.14.